The summed E-state index contributed by atoms with van der Waals surface area (Å²) in [6.07, 6.45) is 0.525. The van der Waals surface area contributed by atoms with Gasteiger partial charge in [-0.25, -0.2) is 4.39 Å². The summed E-state index contributed by atoms with van der Waals surface area (Å²) in [4.78, 5) is 26.9. The molecule has 1 aliphatic heterocycles. The van der Waals surface area contributed by atoms with Crippen LogP contribution in [0.1, 0.15) is 31.0 Å². The van der Waals surface area contributed by atoms with E-state index in [1.165, 1.54) is 29.2 Å². The number of carbonyl (C=O) groups excluding carboxylic acids is 2. The number of rotatable bonds is 6. The van der Waals surface area contributed by atoms with E-state index in [9.17, 15) is 19.1 Å². The number of aliphatic hydroxyl groups is 1. The predicted octanol–water partition coefficient (Wildman–Crippen LogP) is 4.64. The number of halogens is 2. The third-order valence-corrected chi connectivity index (χ3v) is 5.09. The van der Waals surface area contributed by atoms with Gasteiger partial charge in [0.15, 0.2) is 11.5 Å². The maximum absolute atomic E-state index is 13.4. The molecule has 1 amide bonds. The second kappa shape index (κ2) is 8.15. The molecule has 4 nitrogen and oxygen atoms in total. The number of ketones is 1. The molecule has 1 atom stereocenters. The van der Waals surface area contributed by atoms with Crippen LogP contribution in [-0.4, -0.2) is 28.2 Å². The van der Waals surface area contributed by atoms with Crippen LogP contribution >= 0.6 is 11.6 Å². The van der Waals surface area contributed by atoms with E-state index in [2.05, 4.69) is 0 Å². The summed E-state index contributed by atoms with van der Waals surface area (Å²) >= 11 is 5.91. The van der Waals surface area contributed by atoms with Gasteiger partial charge in [-0.1, -0.05) is 49.7 Å². The number of Topliss-reactive ketones (excluding diaryl/α,β-unsaturated/α-hetero) is 1. The predicted molar refractivity (Wildman–Crippen MR) is 106 cm³/mol. The van der Waals surface area contributed by atoms with Crippen LogP contribution in [0.2, 0.25) is 5.02 Å². The Balaban J connectivity index is 1.95. The van der Waals surface area contributed by atoms with Gasteiger partial charge >= 0.3 is 0 Å². The van der Waals surface area contributed by atoms with E-state index in [0.29, 0.717) is 23.6 Å². The smallest absolute Gasteiger partial charge is 0.290 e. The first kappa shape index (κ1) is 20.1. The topological polar surface area (TPSA) is 57.6 Å². The molecule has 0 saturated heterocycles. The molecule has 146 valence electrons. The van der Waals surface area contributed by atoms with Crippen molar-refractivity contribution in [2.24, 2.45) is 5.92 Å². The molecule has 0 bridgehead atoms. The number of nitrogens with zero attached hydrogens (tertiary/aromatic N) is 1. The molecule has 1 heterocycles. The third-order valence-electron chi connectivity index (χ3n) is 4.83. The zero-order valence-corrected chi connectivity index (χ0v) is 16.4. The molecule has 0 aromatic heterocycles. The molecule has 6 heteroatoms. The van der Waals surface area contributed by atoms with Crippen molar-refractivity contribution >= 4 is 23.3 Å². The number of aliphatic hydroxyl groups excluding tert-OH is 1. The van der Waals surface area contributed by atoms with E-state index in [4.69, 9.17) is 11.6 Å². The lowest BCUT2D eigenvalue weighted by molar-refractivity contribution is -0.129. The Morgan fingerprint density at radius 1 is 1.14 bits per heavy atom. The molecule has 1 N–H and O–H groups in total. The van der Waals surface area contributed by atoms with E-state index in [0.717, 1.165) is 5.56 Å². The minimum atomic E-state index is -0.740. The Kier molecular flexibility index (Phi) is 5.84. The SMILES string of the molecule is CC(C)C(=O)C1=C(O)C(=O)N(CCc2ccc(Cl)cc2)C1c1ccc(F)cc1. The molecule has 3 rings (SSSR count). The van der Waals surface area contributed by atoms with Crippen molar-refractivity contribution in [1.29, 1.82) is 0 Å². The van der Waals surface area contributed by atoms with Crippen molar-refractivity contribution in [2.45, 2.75) is 26.3 Å². The number of hydrogen-bond acceptors (Lipinski definition) is 3. The van der Waals surface area contributed by atoms with Crippen LogP contribution in [0, 0.1) is 11.7 Å². The van der Waals surface area contributed by atoms with Crippen molar-refractivity contribution in [3.63, 3.8) is 0 Å². The third kappa shape index (κ3) is 3.94. The second-order valence-electron chi connectivity index (χ2n) is 7.11. The molecule has 1 aliphatic rings. The zero-order valence-electron chi connectivity index (χ0n) is 15.7. The highest BCUT2D eigenvalue weighted by molar-refractivity contribution is 6.30. The van der Waals surface area contributed by atoms with E-state index < -0.39 is 23.5 Å². The maximum Gasteiger partial charge on any atom is 0.290 e. The number of amides is 1. The van der Waals surface area contributed by atoms with Gasteiger partial charge in [0.25, 0.3) is 5.91 Å². The van der Waals surface area contributed by atoms with Crippen LogP contribution in [0.15, 0.2) is 59.9 Å². The van der Waals surface area contributed by atoms with Crippen molar-refractivity contribution in [3.05, 3.63) is 81.8 Å². The lowest BCUT2D eigenvalue weighted by Crippen LogP contribution is -2.33. The summed E-state index contributed by atoms with van der Waals surface area (Å²) in [7, 11) is 0. The Bertz CT molecular complexity index is 920. The molecule has 0 spiro atoms. The summed E-state index contributed by atoms with van der Waals surface area (Å²) in [5, 5.41) is 11.1. The second-order valence-corrected chi connectivity index (χ2v) is 7.55. The van der Waals surface area contributed by atoms with Crippen LogP contribution in [0.5, 0.6) is 0 Å². The fraction of sp³-hybridized carbons (Fsp3) is 0.273. The lowest BCUT2D eigenvalue weighted by Gasteiger charge is -2.27. The monoisotopic (exact) mass is 401 g/mol. The van der Waals surface area contributed by atoms with Crippen molar-refractivity contribution < 1.29 is 19.1 Å². The van der Waals surface area contributed by atoms with Crippen molar-refractivity contribution in [3.8, 4) is 0 Å². The highest BCUT2D eigenvalue weighted by Crippen LogP contribution is 2.39. The minimum Gasteiger partial charge on any atom is -0.503 e. The first-order valence-corrected chi connectivity index (χ1v) is 9.45. The molecular formula is C22H21ClFNO3. The van der Waals surface area contributed by atoms with Crippen LogP contribution in [0.4, 0.5) is 4.39 Å². The van der Waals surface area contributed by atoms with Gasteiger partial charge in [0.1, 0.15) is 5.82 Å². The molecule has 1 unspecified atom stereocenters. The van der Waals surface area contributed by atoms with Crippen molar-refractivity contribution in [1.82, 2.24) is 4.90 Å². The fourth-order valence-corrected chi connectivity index (χ4v) is 3.47. The van der Waals surface area contributed by atoms with Gasteiger partial charge in [-0.2, -0.15) is 0 Å². The Morgan fingerprint density at radius 3 is 2.32 bits per heavy atom. The molecule has 28 heavy (non-hydrogen) atoms. The van der Waals surface area contributed by atoms with Gasteiger partial charge < -0.3 is 10.0 Å². The average molecular weight is 402 g/mol. The molecule has 2 aromatic carbocycles. The number of carbonyl (C=O) groups is 2. The normalized spacial score (nSPS) is 17.0. The van der Waals surface area contributed by atoms with E-state index in [1.807, 2.05) is 12.1 Å². The highest BCUT2D eigenvalue weighted by atomic mass is 35.5. The van der Waals surface area contributed by atoms with Crippen molar-refractivity contribution in [2.75, 3.05) is 6.54 Å². The standard InChI is InChI=1S/C22H21ClFNO3/c1-13(2)20(26)18-19(15-5-9-17(24)10-6-15)25(22(28)21(18)27)12-11-14-3-7-16(23)8-4-14/h3-10,13,19,27H,11-12H2,1-2H3. The summed E-state index contributed by atoms with van der Waals surface area (Å²) in [5.41, 5.74) is 1.62. The van der Waals surface area contributed by atoms with Gasteiger partial charge in [0.05, 0.1) is 11.6 Å². The van der Waals surface area contributed by atoms with Crippen LogP contribution in [-0.2, 0) is 16.0 Å². The van der Waals surface area contributed by atoms with Gasteiger partial charge in [-0.15, -0.1) is 0 Å². The van der Waals surface area contributed by atoms with E-state index >= 15 is 0 Å². The van der Waals surface area contributed by atoms with Gasteiger partial charge in [0.2, 0.25) is 0 Å². The fourth-order valence-electron chi connectivity index (χ4n) is 3.34. The molecule has 2 aromatic rings. The van der Waals surface area contributed by atoms with Gasteiger partial charge in [-0.3, -0.25) is 9.59 Å². The molecule has 0 saturated carbocycles. The number of benzene rings is 2. The molecular weight excluding hydrogens is 381 g/mol. The Hall–Kier alpha value is -2.66. The molecule has 0 aliphatic carbocycles. The summed E-state index contributed by atoms with van der Waals surface area (Å²) in [6, 6.07) is 12.2. The first-order chi connectivity index (χ1) is 13.3. The maximum atomic E-state index is 13.4. The Labute approximate surface area is 168 Å². The van der Waals surface area contributed by atoms with Gasteiger partial charge in [0, 0.05) is 17.5 Å². The molecule has 0 radical (unpaired) electrons. The Morgan fingerprint density at radius 2 is 1.75 bits per heavy atom. The summed E-state index contributed by atoms with van der Waals surface area (Å²) in [6.45, 7) is 3.72. The van der Waals surface area contributed by atoms with E-state index in [1.54, 1.807) is 26.0 Å². The highest BCUT2D eigenvalue weighted by Gasteiger charge is 2.43. The van der Waals surface area contributed by atoms with Crippen LogP contribution < -0.4 is 0 Å². The van der Waals surface area contributed by atoms with Crippen LogP contribution in [0.3, 0.4) is 0 Å². The van der Waals surface area contributed by atoms with Gasteiger partial charge in [-0.05, 0) is 41.8 Å². The van der Waals surface area contributed by atoms with E-state index in [-0.39, 0.29) is 17.3 Å². The van der Waals surface area contributed by atoms with Crippen LogP contribution in [0.25, 0.3) is 0 Å². The lowest BCUT2D eigenvalue weighted by atomic mass is 9.91. The summed E-state index contributed by atoms with van der Waals surface area (Å²) < 4.78 is 13.4. The largest absolute Gasteiger partial charge is 0.503 e. The quantitative estimate of drug-likeness (QED) is 0.767. The minimum absolute atomic E-state index is 0.0720. The summed E-state index contributed by atoms with van der Waals surface area (Å²) in [5.74, 6) is -2.21. The average Bonchev–Trinajstić information content (AvgIpc) is 2.92. The number of hydrogen-bond donors (Lipinski definition) is 1. The zero-order chi connectivity index (χ0) is 20.4. The first-order valence-electron chi connectivity index (χ1n) is 9.07. The molecule has 0 fully saturated rings.